The highest BCUT2D eigenvalue weighted by Gasteiger charge is 2.26. The van der Waals surface area contributed by atoms with Gasteiger partial charge in [0.25, 0.3) is 0 Å². The van der Waals surface area contributed by atoms with E-state index in [0.29, 0.717) is 13.0 Å². The van der Waals surface area contributed by atoms with Crippen molar-refractivity contribution in [3.63, 3.8) is 0 Å². The number of hydrogen-bond acceptors (Lipinski definition) is 4. The van der Waals surface area contributed by atoms with Crippen molar-refractivity contribution in [3.05, 3.63) is 24.0 Å². The molecule has 0 spiro atoms. The standard InChI is InChI=1S/C11H14FNO3S/c12-8-3-4-10(13)11(6-8)17(14,15)7-9-2-1-5-16-9/h3-4,6,9H,1-2,5,7,13H2. The van der Waals surface area contributed by atoms with E-state index in [1.54, 1.807) is 0 Å². The quantitative estimate of drug-likeness (QED) is 0.832. The summed E-state index contributed by atoms with van der Waals surface area (Å²) < 4.78 is 42.4. The molecule has 0 aliphatic carbocycles. The Morgan fingerprint density at radius 3 is 2.88 bits per heavy atom. The zero-order chi connectivity index (χ0) is 12.5. The maximum absolute atomic E-state index is 13.0. The van der Waals surface area contributed by atoms with E-state index in [2.05, 4.69) is 0 Å². The Morgan fingerprint density at radius 2 is 2.24 bits per heavy atom. The second-order valence-electron chi connectivity index (χ2n) is 4.10. The van der Waals surface area contributed by atoms with Gasteiger partial charge < -0.3 is 10.5 Å². The van der Waals surface area contributed by atoms with Crippen LogP contribution in [-0.2, 0) is 14.6 Å². The monoisotopic (exact) mass is 259 g/mol. The summed E-state index contributed by atoms with van der Waals surface area (Å²) in [6, 6.07) is 3.36. The summed E-state index contributed by atoms with van der Waals surface area (Å²) in [5, 5.41) is 0. The molecule has 0 radical (unpaired) electrons. The summed E-state index contributed by atoms with van der Waals surface area (Å²) in [5.74, 6) is -0.745. The molecule has 1 atom stereocenters. The van der Waals surface area contributed by atoms with E-state index in [9.17, 15) is 12.8 Å². The largest absolute Gasteiger partial charge is 0.398 e. The molecule has 1 heterocycles. The van der Waals surface area contributed by atoms with Crippen LogP contribution >= 0.6 is 0 Å². The second kappa shape index (κ2) is 4.62. The molecule has 1 fully saturated rings. The molecule has 1 unspecified atom stereocenters. The van der Waals surface area contributed by atoms with Gasteiger partial charge in [-0.25, -0.2) is 12.8 Å². The number of nitrogens with two attached hydrogens (primary N) is 1. The van der Waals surface area contributed by atoms with Gasteiger partial charge in [-0.15, -0.1) is 0 Å². The Balaban J connectivity index is 2.27. The normalized spacial score (nSPS) is 20.6. The lowest BCUT2D eigenvalue weighted by Crippen LogP contribution is -2.21. The van der Waals surface area contributed by atoms with Crippen LogP contribution in [0, 0.1) is 5.82 Å². The smallest absolute Gasteiger partial charge is 0.183 e. The Morgan fingerprint density at radius 1 is 1.47 bits per heavy atom. The van der Waals surface area contributed by atoms with Crippen LogP contribution in [0.4, 0.5) is 10.1 Å². The predicted octanol–water partition coefficient (Wildman–Crippen LogP) is 1.36. The van der Waals surface area contributed by atoms with Crippen LogP contribution in [0.1, 0.15) is 12.8 Å². The summed E-state index contributed by atoms with van der Waals surface area (Å²) >= 11 is 0. The average Bonchev–Trinajstić information content (AvgIpc) is 2.73. The molecule has 1 aromatic carbocycles. The summed E-state index contributed by atoms with van der Waals surface area (Å²) in [5.41, 5.74) is 5.64. The Hall–Kier alpha value is -1.14. The van der Waals surface area contributed by atoms with E-state index in [1.807, 2.05) is 0 Å². The van der Waals surface area contributed by atoms with Crippen LogP contribution in [0.5, 0.6) is 0 Å². The van der Waals surface area contributed by atoms with Gasteiger partial charge in [-0.1, -0.05) is 0 Å². The SMILES string of the molecule is Nc1ccc(F)cc1S(=O)(=O)CC1CCCO1. The molecule has 4 nitrogen and oxygen atoms in total. The lowest BCUT2D eigenvalue weighted by atomic mass is 10.3. The molecule has 0 amide bonds. The zero-order valence-corrected chi connectivity index (χ0v) is 10.0. The molecule has 1 aromatic rings. The summed E-state index contributed by atoms with van der Waals surface area (Å²) in [6.07, 6.45) is 1.27. The Kier molecular flexibility index (Phi) is 3.35. The van der Waals surface area contributed by atoms with E-state index in [0.717, 1.165) is 18.6 Å². The molecule has 1 saturated heterocycles. The fourth-order valence-corrected chi connectivity index (χ4v) is 3.54. The Labute approximate surface area is 99.5 Å². The van der Waals surface area contributed by atoms with Crippen LogP contribution in [-0.4, -0.2) is 26.9 Å². The van der Waals surface area contributed by atoms with Crippen LogP contribution in [0.25, 0.3) is 0 Å². The third-order valence-corrected chi connectivity index (χ3v) is 4.57. The van der Waals surface area contributed by atoms with Gasteiger partial charge in [0, 0.05) is 6.61 Å². The van der Waals surface area contributed by atoms with Crippen molar-refractivity contribution >= 4 is 15.5 Å². The zero-order valence-electron chi connectivity index (χ0n) is 9.23. The first-order valence-corrected chi connectivity index (χ1v) is 7.03. The number of rotatable bonds is 3. The number of benzene rings is 1. The molecule has 17 heavy (non-hydrogen) atoms. The molecule has 0 saturated carbocycles. The van der Waals surface area contributed by atoms with Gasteiger partial charge in [0.2, 0.25) is 0 Å². The van der Waals surface area contributed by atoms with E-state index < -0.39 is 15.7 Å². The summed E-state index contributed by atoms with van der Waals surface area (Å²) in [6.45, 7) is 0.582. The molecule has 6 heteroatoms. The number of hydrogen-bond donors (Lipinski definition) is 1. The fraction of sp³-hybridized carbons (Fsp3) is 0.455. The molecular formula is C11H14FNO3S. The third-order valence-electron chi connectivity index (χ3n) is 2.74. The average molecular weight is 259 g/mol. The maximum atomic E-state index is 13.0. The first-order valence-electron chi connectivity index (χ1n) is 5.38. The molecule has 2 rings (SSSR count). The van der Waals surface area contributed by atoms with E-state index in [-0.39, 0.29) is 22.4 Å². The highest BCUT2D eigenvalue weighted by Crippen LogP contribution is 2.24. The number of ether oxygens (including phenoxy) is 1. The van der Waals surface area contributed by atoms with Crippen molar-refractivity contribution in [1.82, 2.24) is 0 Å². The van der Waals surface area contributed by atoms with Crippen LogP contribution in [0.15, 0.2) is 23.1 Å². The molecule has 94 valence electrons. The van der Waals surface area contributed by atoms with Gasteiger partial charge in [-0.3, -0.25) is 0 Å². The van der Waals surface area contributed by atoms with Crippen molar-refractivity contribution in [2.45, 2.75) is 23.8 Å². The van der Waals surface area contributed by atoms with Crippen molar-refractivity contribution < 1.29 is 17.5 Å². The summed E-state index contributed by atoms with van der Waals surface area (Å²) in [4.78, 5) is -0.145. The van der Waals surface area contributed by atoms with Gasteiger partial charge in [0.15, 0.2) is 9.84 Å². The lowest BCUT2D eigenvalue weighted by Gasteiger charge is -2.11. The number of nitrogen functional groups attached to an aromatic ring is 1. The van der Waals surface area contributed by atoms with Gasteiger partial charge in [0.1, 0.15) is 5.82 Å². The molecule has 0 aromatic heterocycles. The Bertz CT molecular complexity index is 509. The first kappa shape index (κ1) is 12.3. The molecule has 1 aliphatic rings. The summed E-state index contributed by atoms with van der Waals surface area (Å²) in [7, 11) is -3.59. The topological polar surface area (TPSA) is 69.4 Å². The lowest BCUT2D eigenvalue weighted by molar-refractivity contribution is 0.127. The second-order valence-corrected chi connectivity index (χ2v) is 6.10. The predicted molar refractivity (Wildman–Crippen MR) is 61.8 cm³/mol. The third kappa shape index (κ3) is 2.76. The molecular weight excluding hydrogens is 245 g/mol. The van der Waals surface area contributed by atoms with Crippen molar-refractivity contribution in [1.29, 1.82) is 0 Å². The van der Waals surface area contributed by atoms with Gasteiger partial charge >= 0.3 is 0 Å². The van der Waals surface area contributed by atoms with Crippen molar-refractivity contribution in [3.8, 4) is 0 Å². The van der Waals surface area contributed by atoms with E-state index in [4.69, 9.17) is 10.5 Å². The van der Waals surface area contributed by atoms with Gasteiger partial charge in [-0.2, -0.15) is 0 Å². The van der Waals surface area contributed by atoms with Crippen LogP contribution in [0.3, 0.4) is 0 Å². The molecule has 2 N–H and O–H groups in total. The minimum absolute atomic E-state index is 0.0735. The maximum Gasteiger partial charge on any atom is 0.183 e. The van der Waals surface area contributed by atoms with Crippen molar-refractivity contribution in [2.24, 2.45) is 0 Å². The minimum Gasteiger partial charge on any atom is -0.398 e. The highest BCUT2D eigenvalue weighted by molar-refractivity contribution is 7.91. The minimum atomic E-state index is -3.59. The number of halogens is 1. The van der Waals surface area contributed by atoms with Crippen molar-refractivity contribution in [2.75, 3.05) is 18.1 Å². The fourth-order valence-electron chi connectivity index (χ4n) is 1.89. The first-order chi connectivity index (χ1) is 7.99. The number of anilines is 1. The highest BCUT2D eigenvalue weighted by atomic mass is 32.2. The molecule has 0 bridgehead atoms. The van der Waals surface area contributed by atoms with Crippen LogP contribution in [0.2, 0.25) is 0 Å². The van der Waals surface area contributed by atoms with Crippen LogP contribution < -0.4 is 5.73 Å². The van der Waals surface area contributed by atoms with Gasteiger partial charge in [0.05, 0.1) is 22.4 Å². The van der Waals surface area contributed by atoms with Gasteiger partial charge in [-0.05, 0) is 31.0 Å². The van der Waals surface area contributed by atoms with E-state index in [1.165, 1.54) is 6.07 Å². The molecule has 1 aliphatic heterocycles. The number of sulfone groups is 1. The van der Waals surface area contributed by atoms with E-state index >= 15 is 0 Å².